The predicted octanol–water partition coefficient (Wildman–Crippen LogP) is 4.45. The molecule has 1 fully saturated rings. The van der Waals surface area contributed by atoms with Crippen molar-refractivity contribution in [3.05, 3.63) is 59.7 Å². The van der Waals surface area contributed by atoms with E-state index in [4.69, 9.17) is 4.74 Å². The number of hydrogen-bond donors (Lipinski definition) is 1. The third kappa shape index (κ3) is 4.91. The fraction of sp³-hybridized carbons (Fsp3) is 0.391. The van der Waals surface area contributed by atoms with Crippen molar-refractivity contribution in [1.82, 2.24) is 4.90 Å². The average Bonchev–Trinajstić information content (AvgIpc) is 3.27. The lowest BCUT2D eigenvalue weighted by Gasteiger charge is -2.16. The topological polar surface area (TPSA) is 58.6 Å². The molecule has 1 heterocycles. The Morgan fingerprint density at radius 2 is 1.75 bits per heavy atom. The van der Waals surface area contributed by atoms with Crippen LogP contribution in [0.3, 0.4) is 0 Å². The molecule has 1 N–H and O–H groups in total. The fourth-order valence-corrected chi connectivity index (χ4v) is 3.38. The maximum atomic E-state index is 12.4. The number of rotatable bonds is 7. The summed E-state index contributed by atoms with van der Waals surface area (Å²) in [7, 11) is 0. The fourth-order valence-electron chi connectivity index (χ4n) is 3.38. The minimum atomic E-state index is -0.224. The molecule has 2 aromatic rings. The predicted molar refractivity (Wildman–Crippen MR) is 111 cm³/mol. The molecule has 2 aromatic carbocycles. The number of likely N-dealkylation sites (tertiary alicyclic amines) is 1. The van der Waals surface area contributed by atoms with Crippen LogP contribution < -0.4 is 10.1 Å². The molecule has 148 valence electrons. The highest BCUT2D eigenvalue weighted by molar-refractivity contribution is 5.96. The van der Waals surface area contributed by atoms with E-state index in [1.165, 1.54) is 0 Å². The molecule has 28 heavy (non-hydrogen) atoms. The molecule has 0 bridgehead atoms. The zero-order valence-electron chi connectivity index (χ0n) is 16.6. The van der Waals surface area contributed by atoms with Gasteiger partial charge in [0.05, 0.1) is 0 Å². The van der Waals surface area contributed by atoms with Crippen LogP contribution in [0.1, 0.15) is 54.9 Å². The van der Waals surface area contributed by atoms with E-state index in [-0.39, 0.29) is 18.4 Å². The minimum absolute atomic E-state index is 0.0537. The van der Waals surface area contributed by atoms with Crippen LogP contribution in [0.4, 0.5) is 5.69 Å². The van der Waals surface area contributed by atoms with E-state index in [1.54, 1.807) is 24.3 Å². The summed E-state index contributed by atoms with van der Waals surface area (Å²) in [6.07, 6.45) is 3.15. The summed E-state index contributed by atoms with van der Waals surface area (Å²) in [5, 5.41) is 2.82. The molecule has 0 saturated carbocycles. The molecule has 3 rings (SSSR count). The van der Waals surface area contributed by atoms with Gasteiger partial charge in [-0.15, -0.1) is 0 Å². The second-order valence-electron chi connectivity index (χ2n) is 7.26. The number of para-hydroxylation sites is 1. The molecule has 0 aromatic heterocycles. The van der Waals surface area contributed by atoms with Gasteiger partial charge >= 0.3 is 0 Å². The second-order valence-corrected chi connectivity index (χ2v) is 7.26. The second kappa shape index (κ2) is 9.40. The van der Waals surface area contributed by atoms with Gasteiger partial charge in [0.1, 0.15) is 5.75 Å². The van der Waals surface area contributed by atoms with Gasteiger partial charge in [-0.2, -0.15) is 0 Å². The zero-order chi connectivity index (χ0) is 19.9. The highest BCUT2D eigenvalue weighted by Gasteiger charge is 2.19. The first-order chi connectivity index (χ1) is 13.6. The molecule has 1 atom stereocenters. The van der Waals surface area contributed by atoms with E-state index in [0.29, 0.717) is 17.2 Å². The van der Waals surface area contributed by atoms with E-state index in [2.05, 4.69) is 19.2 Å². The van der Waals surface area contributed by atoms with Crippen LogP contribution in [0.2, 0.25) is 0 Å². The van der Waals surface area contributed by atoms with Gasteiger partial charge in [-0.25, -0.2) is 0 Å². The van der Waals surface area contributed by atoms with E-state index >= 15 is 0 Å². The summed E-state index contributed by atoms with van der Waals surface area (Å²) in [4.78, 5) is 26.5. The summed E-state index contributed by atoms with van der Waals surface area (Å²) in [6.45, 7) is 5.88. The summed E-state index contributed by atoms with van der Waals surface area (Å²) in [5.41, 5.74) is 2.42. The molecular formula is C23H28N2O3. The van der Waals surface area contributed by atoms with E-state index in [9.17, 15) is 9.59 Å². The number of anilines is 1. The van der Waals surface area contributed by atoms with Crippen LogP contribution in [0.5, 0.6) is 5.75 Å². The number of carbonyl (C=O) groups is 2. The summed E-state index contributed by atoms with van der Waals surface area (Å²) in [5.74, 6) is 0.955. The Hall–Kier alpha value is -2.82. The molecule has 1 aliphatic rings. The first-order valence-corrected chi connectivity index (χ1v) is 9.99. The van der Waals surface area contributed by atoms with Crippen molar-refractivity contribution < 1.29 is 14.3 Å². The third-order valence-electron chi connectivity index (χ3n) is 5.23. The Kier molecular flexibility index (Phi) is 6.69. The molecule has 1 unspecified atom stereocenters. The lowest BCUT2D eigenvalue weighted by Crippen LogP contribution is -2.27. The van der Waals surface area contributed by atoms with Gasteiger partial charge in [-0.3, -0.25) is 9.59 Å². The van der Waals surface area contributed by atoms with Gasteiger partial charge in [-0.05, 0) is 61.1 Å². The van der Waals surface area contributed by atoms with Gasteiger partial charge < -0.3 is 15.0 Å². The van der Waals surface area contributed by atoms with Crippen LogP contribution in [0.25, 0.3) is 0 Å². The van der Waals surface area contributed by atoms with Crippen LogP contribution in [0.15, 0.2) is 48.5 Å². The Morgan fingerprint density at radius 3 is 2.43 bits per heavy atom. The number of amides is 2. The molecule has 5 nitrogen and oxygen atoms in total. The molecule has 1 aliphatic heterocycles. The van der Waals surface area contributed by atoms with E-state index in [0.717, 1.165) is 43.7 Å². The SMILES string of the molecule is CCC(C)c1ccccc1OCC(=O)Nc1ccc(C(=O)N2CCCC2)cc1. The summed E-state index contributed by atoms with van der Waals surface area (Å²) >= 11 is 0. The lowest BCUT2D eigenvalue weighted by molar-refractivity contribution is -0.118. The largest absolute Gasteiger partial charge is 0.483 e. The van der Waals surface area contributed by atoms with Crippen LogP contribution in [0, 0.1) is 0 Å². The van der Waals surface area contributed by atoms with Crippen molar-refractivity contribution in [2.75, 3.05) is 25.0 Å². The zero-order valence-corrected chi connectivity index (χ0v) is 16.6. The molecular weight excluding hydrogens is 352 g/mol. The lowest BCUT2D eigenvalue weighted by atomic mass is 9.98. The number of hydrogen-bond acceptors (Lipinski definition) is 3. The first kappa shape index (κ1) is 19.9. The van der Waals surface area contributed by atoms with Gasteiger partial charge in [0, 0.05) is 24.3 Å². The Bertz CT molecular complexity index is 811. The maximum absolute atomic E-state index is 12.4. The minimum Gasteiger partial charge on any atom is -0.483 e. The van der Waals surface area contributed by atoms with Crippen molar-refractivity contribution in [2.24, 2.45) is 0 Å². The number of ether oxygens (including phenoxy) is 1. The Morgan fingerprint density at radius 1 is 1.07 bits per heavy atom. The van der Waals surface area contributed by atoms with Crippen LogP contribution in [-0.4, -0.2) is 36.4 Å². The highest BCUT2D eigenvalue weighted by Crippen LogP contribution is 2.28. The number of benzene rings is 2. The van der Waals surface area contributed by atoms with Crippen molar-refractivity contribution in [3.8, 4) is 5.75 Å². The highest BCUT2D eigenvalue weighted by atomic mass is 16.5. The van der Waals surface area contributed by atoms with Crippen molar-refractivity contribution in [1.29, 1.82) is 0 Å². The Balaban J connectivity index is 1.55. The summed E-state index contributed by atoms with van der Waals surface area (Å²) in [6, 6.07) is 14.9. The van der Waals surface area contributed by atoms with Gasteiger partial charge in [0.15, 0.2) is 6.61 Å². The molecule has 0 spiro atoms. The number of nitrogens with one attached hydrogen (secondary N) is 1. The first-order valence-electron chi connectivity index (χ1n) is 9.99. The number of carbonyl (C=O) groups excluding carboxylic acids is 2. The Labute approximate surface area is 166 Å². The van der Waals surface area contributed by atoms with Gasteiger partial charge in [-0.1, -0.05) is 32.0 Å². The summed E-state index contributed by atoms with van der Waals surface area (Å²) < 4.78 is 5.75. The monoisotopic (exact) mass is 380 g/mol. The molecule has 5 heteroatoms. The number of nitrogens with zero attached hydrogens (tertiary/aromatic N) is 1. The molecule has 2 amide bonds. The standard InChI is InChI=1S/C23H28N2O3/c1-3-17(2)20-8-4-5-9-21(20)28-16-22(26)24-19-12-10-18(11-13-19)23(27)25-14-6-7-15-25/h4-5,8-13,17H,3,6-7,14-16H2,1-2H3,(H,24,26). The normalized spacial score (nSPS) is 14.6. The van der Waals surface area contributed by atoms with E-state index in [1.807, 2.05) is 29.2 Å². The van der Waals surface area contributed by atoms with Crippen molar-refractivity contribution in [2.45, 2.75) is 39.0 Å². The van der Waals surface area contributed by atoms with Gasteiger partial charge in [0.25, 0.3) is 11.8 Å². The molecule has 0 aliphatic carbocycles. The van der Waals surface area contributed by atoms with Crippen molar-refractivity contribution >= 4 is 17.5 Å². The quantitative estimate of drug-likeness (QED) is 0.772. The smallest absolute Gasteiger partial charge is 0.262 e. The van der Waals surface area contributed by atoms with Crippen LogP contribution in [-0.2, 0) is 4.79 Å². The van der Waals surface area contributed by atoms with Crippen LogP contribution >= 0.6 is 0 Å². The maximum Gasteiger partial charge on any atom is 0.262 e. The van der Waals surface area contributed by atoms with Crippen molar-refractivity contribution in [3.63, 3.8) is 0 Å². The molecule has 1 saturated heterocycles. The molecule has 0 radical (unpaired) electrons. The average molecular weight is 380 g/mol. The third-order valence-corrected chi connectivity index (χ3v) is 5.23. The van der Waals surface area contributed by atoms with E-state index < -0.39 is 0 Å². The van der Waals surface area contributed by atoms with Gasteiger partial charge in [0.2, 0.25) is 0 Å².